The number of rotatable bonds is 0. The molecule has 2 bridgehead atoms. The Balaban J connectivity index is 1.87. The Morgan fingerprint density at radius 1 is 1.25 bits per heavy atom. The SMILES string of the molecule is C[C@]12CCC[C@H]3C[C@@]4(CCC[C@]34O1)C(=O)O2. The van der Waals surface area contributed by atoms with Gasteiger partial charge in [-0.3, -0.25) is 4.79 Å². The summed E-state index contributed by atoms with van der Waals surface area (Å²) in [4.78, 5) is 12.3. The van der Waals surface area contributed by atoms with Crippen LogP contribution in [0.15, 0.2) is 0 Å². The number of esters is 1. The molecule has 1 spiro atoms. The van der Waals surface area contributed by atoms with Crippen molar-refractivity contribution in [2.75, 3.05) is 0 Å². The molecule has 4 rings (SSSR count). The number of hydrogen-bond acceptors (Lipinski definition) is 3. The van der Waals surface area contributed by atoms with Gasteiger partial charge in [-0.1, -0.05) is 0 Å². The zero-order valence-electron chi connectivity index (χ0n) is 9.75. The molecule has 2 saturated carbocycles. The molecule has 0 unspecified atom stereocenters. The molecule has 3 heteroatoms. The molecule has 16 heavy (non-hydrogen) atoms. The molecule has 0 amide bonds. The summed E-state index contributed by atoms with van der Waals surface area (Å²) in [6.45, 7) is 1.95. The maximum atomic E-state index is 12.3. The Morgan fingerprint density at radius 3 is 3.00 bits per heavy atom. The molecule has 2 saturated heterocycles. The van der Waals surface area contributed by atoms with Gasteiger partial charge >= 0.3 is 5.97 Å². The Kier molecular flexibility index (Phi) is 1.46. The molecular formula is C13H18O3. The van der Waals surface area contributed by atoms with E-state index in [-0.39, 0.29) is 17.0 Å². The zero-order valence-corrected chi connectivity index (χ0v) is 9.75. The van der Waals surface area contributed by atoms with Gasteiger partial charge in [0, 0.05) is 13.3 Å². The number of fused-ring (bicyclic) bond motifs is 1. The van der Waals surface area contributed by atoms with Gasteiger partial charge in [0.15, 0.2) is 0 Å². The van der Waals surface area contributed by atoms with Crippen molar-refractivity contribution in [1.29, 1.82) is 0 Å². The van der Waals surface area contributed by atoms with Crippen molar-refractivity contribution < 1.29 is 14.3 Å². The Morgan fingerprint density at radius 2 is 2.12 bits per heavy atom. The summed E-state index contributed by atoms with van der Waals surface area (Å²) < 4.78 is 11.9. The van der Waals surface area contributed by atoms with Crippen LogP contribution in [-0.4, -0.2) is 17.4 Å². The molecule has 4 atom stereocenters. The summed E-state index contributed by atoms with van der Waals surface area (Å²) in [6.07, 6.45) is 7.41. The quantitative estimate of drug-likeness (QED) is 0.590. The van der Waals surface area contributed by atoms with Crippen LogP contribution in [0.2, 0.25) is 0 Å². The van der Waals surface area contributed by atoms with Gasteiger partial charge in [0.25, 0.3) is 0 Å². The van der Waals surface area contributed by atoms with Gasteiger partial charge in [-0.25, -0.2) is 0 Å². The van der Waals surface area contributed by atoms with Crippen LogP contribution in [0, 0.1) is 11.3 Å². The Bertz CT molecular complexity index is 379. The molecule has 2 aliphatic heterocycles. The predicted molar refractivity (Wildman–Crippen MR) is 56.6 cm³/mol. The van der Waals surface area contributed by atoms with Crippen LogP contribution in [0.3, 0.4) is 0 Å². The van der Waals surface area contributed by atoms with E-state index in [4.69, 9.17) is 9.47 Å². The van der Waals surface area contributed by atoms with Crippen LogP contribution in [0.1, 0.15) is 51.9 Å². The molecule has 2 aliphatic carbocycles. The van der Waals surface area contributed by atoms with Gasteiger partial charge in [-0.05, 0) is 44.4 Å². The molecule has 3 nitrogen and oxygen atoms in total. The molecule has 88 valence electrons. The fourth-order valence-electron chi connectivity index (χ4n) is 4.82. The average molecular weight is 222 g/mol. The van der Waals surface area contributed by atoms with Crippen molar-refractivity contribution in [3.63, 3.8) is 0 Å². The normalized spacial score (nSPS) is 58.3. The lowest BCUT2D eigenvalue weighted by Crippen LogP contribution is -2.71. The van der Waals surface area contributed by atoms with Crippen LogP contribution in [0.5, 0.6) is 0 Å². The van der Waals surface area contributed by atoms with Gasteiger partial charge in [0.1, 0.15) is 0 Å². The highest BCUT2D eigenvalue weighted by Crippen LogP contribution is 2.71. The Hall–Kier alpha value is -0.570. The molecular weight excluding hydrogens is 204 g/mol. The minimum atomic E-state index is -0.625. The molecule has 4 aliphatic rings. The van der Waals surface area contributed by atoms with E-state index in [1.807, 2.05) is 6.92 Å². The minimum Gasteiger partial charge on any atom is -0.433 e. The van der Waals surface area contributed by atoms with Gasteiger partial charge in [-0.2, -0.15) is 0 Å². The highest BCUT2D eigenvalue weighted by Gasteiger charge is 2.77. The lowest BCUT2D eigenvalue weighted by Gasteiger charge is -2.63. The summed E-state index contributed by atoms with van der Waals surface area (Å²) in [6, 6.07) is 0. The number of carbonyl (C=O) groups is 1. The molecule has 2 heterocycles. The summed E-state index contributed by atoms with van der Waals surface area (Å²) in [5, 5.41) is 0. The summed E-state index contributed by atoms with van der Waals surface area (Å²) >= 11 is 0. The molecule has 4 fully saturated rings. The van der Waals surface area contributed by atoms with Crippen LogP contribution >= 0.6 is 0 Å². The standard InChI is InChI=1S/C13H18O3/c1-11-5-2-4-9-8-12(10(14)15-11)6-3-7-13(9,12)16-11/h9H,2-8H2,1H3/t9-,11+,12-,13-/m0/s1. The molecule has 0 aromatic carbocycles. The van der Waals surface area contributed by atoms with E-state index in [1.165, 1.54) is 6.42 Å². The van der Waals surface area contributed by atoms with Gasteiger partial charge in [-0.15, -0.1) is 0 Å². The van der Waals surface area contributed by atoms with E-state index in [0.717, 1.165) is 38.5 Å². The fourth-order valence-corrected chi connectivity index (χ4v) is 4.82. The highest BCUT2D eigenvalue weighted by molar-refractivity contribution is 5.82. The van der Waals surface area contributed by atoms with E-state index in [9.17, 15) is 4.79 Å². The first kappa shape index (κ1) is 9.46. The second kappa shape index (κ2) is 2.47. The third-order valence-corrected chi connectivity index (χ3v) is 5.50. The van der Waals surface area contributed by atoms with E-state index in [2.05, 4.69) is 0 Å². The number of ether oxygens (including phenoxy) is 2. The number of carbonyl (C=O) groups excluding carboxylic acids is 1. The fraction of sp³-hybridized carbons (Fsp3) is 0.923. The summed E-state index contributed by atoms with van der Waals surface area (Å²) in [5.74, 6) is 0.0293. The monoisotopic (exact) mass is 222 g/mol. The first-order chi connectivity index (χ1) is 7.60. The second-order valence-corrected chi connectivity index (χ2v) is 6.24. The van der Waals surface area contributed by atoms with Crippen LogP contribution < -0.4 is 0 Å². The molecule has 0 radical (unpaired) electrons. The minimum absolute atomic E-state index is 0.0388. The largest absolute Gasteiger partial charge is 0.433 e. The van der Waals surface area contributed by atoms with Crippen LogP contribution in [0.25, 0.3) is 0 Å². The van der Waals surface area contributed by atoms with E-state index in [1.54, 1.807) is 0 Å². The average Bonchev–Trinajstić information content (AvgIpc) is 2.46. The van der Waals surface area contributed by atoms with Gasteiger partial charge < -0.3 is 9.47 Å². The summed E-state index contributed by atoms with van der Waals surface area (Å²) in [5.41, 5.74) is -0.380. The smallest absolute Gasteiger partial charge is 0.317 e. The zero-order chi connectivity index (χ0) is 11.0. The topological polar surface area (TPSA) is 35.5 Å². The van der Waals surface area contributed by atoms with Crippen molar-refractivity contribution in [3.05, 3.63) is 0 Å². The van der Waals surface area contributed by atoms with Crippen molar-refractivity contribution in [3.8, 4) is 0 Å². The van der Waals surface area contributed by atoms with Crippen molar-refractivity contribution in [2.24, 2.45) is 11.3 Å². The van der Waals surface area contributed by atoms with Gasteiger partial charge in [0.2, 0.25) is 5.79 Å². The van der Waals surface area contributed by atoms with Crippen LogP contribution in [-0.2, 0) is 14.3 Å². The first-order valence-corrected chi connectivity index (χ1v) is 6.54. The van der Waals surface area contributed by atoms with E-state index in [0.29, 0.717) is 5.92 Å². The van der Waals surface area contributed by atoms with Gasteiger partial charge in [0.05, 0.1) is 11.0 Å². The predicted octanol–water partition coefficient (Wildman–Crippen LogP) is 2.39. The van der Waals surface area contributed by atoms with Crippen LogP contribution in [0.4, 0.5) is 0 Å². The third kappa shape index (κ3) is 0.784. The maximum absolute atomic E-state index is 12.3. The number of hydrogen-bond donors (Lipinski definition) is 0. The second-order valence-electron chi connectivity index (χ2n) is 6.24. The third-order valence-electron chi connectivity index (χ3n) is 5.50. The van der Waals surface area contributed by atoms with Crippen molar-refractivity contribution >= 4 is 5.97 Å². The first-order valence-electron chi connectivity index (χ1n) is 6.54. The van der Waals surface area contributed by atoms with Crippen molar-refractivity contribution in [2.45, 2.75) is 63.3 Å². The highest BCUT2D eigenvalue weighted by atomic mass is 16.7. The lowest BCUT2D eigenvalue weighted by atomic mass is 9.50. The summed E-state index contributed by atoms with van der Waals surface area (Å²) in [7, 11) is 0. The molecule has 0 N–H and O–H groups in total. The van der Waals surface area contributed by atoms with E-state index >= 15 is 0 Å². The lowest BCUT2D eigenvalue weighted by molar-refractivity contribution is -0.366. The molecule has 0 aromatic rings. The van der Waals surface area contributed by atoms with Crippen molar-refractivity contribution in [1.82, 2.24) is 0 Å². The van der Waals surface area contributed by atoms with E-state index < -0.39 is 5.79 Å². The Labute approximate surface area is 95.5 Å². The molecule has 0 aromatic heterocycles. The maximum Gasteiger partial charge on any atom is 0.317 e.